The SMILES string of the molecule is CCOC(=O)Cc1nc2ccccc2c(N)c1C(=O)OCC. The number of anilines is 1. The third-order valence-electron chi connectivity index (χ3n) is 3.10. The number of ether oxygens (including phenoxy) is 2. The molecule has 0 bridgehead atoms. The molecule has 22 heavy (non-hydrogen) atoms. The van der Waals surface area contributed by atoms with Crippen LogP contribution >= 0.6 is 0 Å². The van der Waals surface area contributed by atoms with Crippen molar-refractivity contribution in [2.24, 2.45) is 0 Å². The molecule has 0 amide bonds. The zero-order valence-electron chi connectivity index (χ0n) is 12.6. The molecule has 1 aromatic carbocycles. The Bertz CT molecular complexity index is 713. The van der Waals surface area contributed by atoms with Gasteiger partial charge < -0.3 is 15.2 Å². The molecule has 0 aliphatic heterocycles. The third kappa shape index (κ3) is 3.16. The van der Waals surface area contributed by atoms with E-state index in [0.717, 1.165) is 0 Å². The molecule has 0 aliphatic carbocycles. The summed E-state index contributed by atoms with van der Waals surface area (Å²) in [5.74, 6) is -1.05. The van der Waals surface area contributed by atoms with Gasteiger partial charge in [0.1, 0.15) is 5.56 Å². The van der Waals surface area contributed by atoms with Gasteiger partial charge in [-0.15, -0.1) is 0 Å². The molecule has 0 spiro atoms. The maximum atomic E-state index is 12.2. The molecule has 0 saturated heterocycles. The van der Waals surface area contributed by atoms with Gasteiger partial charge in [0.05, 0.1) is 36.5 Å². The molecule has 0 atom stereocenters. The van der Waals surface area contributed by atoms with Crippen molar-refractivity contribution in [1.82, 2.24) is 4.98 Å². The van der Waals surface area contributed by atoms with Crippen molar-refractivity contribution >= 4 is 28.5 Å². The molecule has 6 nitrogen and oxygen atoms in total. The van der Waals surface area contributed by atoms with Crippen LogP contribution in [0.2, 0.25) is 0 Å². The van der Waals surface area contributed by atoms with Crippen molar-refractivity contribution in [2.45, 2.75) is 20.3 Å². The number of aromatic nitrogens is 1. The first-order valence-electron chi connectivity index (χ1n) is 7.08. The van der Waals surface area contributed by atoms with Gasteiger partial charge in [-0.25, -0.2) is 4.79 Å². The van der Waals surface area contributed by atoms with Crippen LogP contribution < -0.4 is 5.73 Å². The number of hydrogen-bond donors (Lipinski definition) is 1. The molecule has 116 valence electrons. The Labute approximate surface area is 128 Å². The highest BCUT2D eigenvalue weighted by Gasteiger charge is 2.22. The first kappa shape index (κ1) is 15.8. The van der Waals surface area contributed by atoms with Crippen LogP contribution in [0, 0.1) is 0 Å². The summed E-state index contributed by atoms with van der Waals surface area (Å²) in [5.41, 5.74) is 7.40. The van der Waals surface area contributed by atoms with Crippen molar-refractivity contribution in [3.05, 3.63) is 35.5 Å². The molecule has 1 aromatic heterocycles. The first-order valence-corrected chi connectivity index (χ1v) is 7.08. The van der Waals surface area contributed by atoms with Crippen molar-refractivity contribution in [2.75, 3.05) is 18.9 Å². The van der Waals surface area contributed by atoms with Gasteiger partial charge in [-0.1, -0.05) is 18.2 Å². The highest BCUT2D eigenvalue weighted by atomic mass is 16.5. The molecule has 0 radical (unpaired) electrons. The minimum atomic E-state index is -0.586. The summed E-state index contributed by atoms with van der Waals surface area (Å²) >= 11 is 0. The summed E-state index contributed by atoms with van der Waals surface area (Å²) in [6.07, 6.45) is -0.128. The van der Waals surface area contributed by atoms with E-state index in [4.69, 9.17) is 15.2 Å². The number of benzene rings is 1. The molecule has 2 N–H and O–H groups in total. The topological polar surface area (TPSA) is 91.5 Å². The van der Waals surface area contributed by atoms with E-state index >= 15 is 0 Å². The van der Waals surface area contributed by atoms with Gasteiger partial charge in [0.2, 0.25) is 0 Å². The molecular weight excluding hydrogens is 284 g/mol. The van der Waals surface area contributed by atoms with E-state index in [1.807, 2.05) is 6.07 Å². The number of pyridine rings is 1. The van der Waals surface area contributed by atoms with E-state index in [1.165, 1.54) is 0 Å². The number of carbonyl (C=O) groups is 2. The number of hydrogen-bond acceptors (Lipinski definition) is 6. The van der Waals surface area contributed by atoms with Gasteiger partial charge in [-0.2, -0.15) is 0 Å². The normalized spacial score (nSPS) is 10.5. The summed E-state index contributed by atoms with van der Waals surface area (Å²) in [6.45, 7) is 3.89. The molecule has 2 aromatic rings. The minimum Gasteiger partial charge on any atom is -0.466 e. The van der Waals surface area contributed by atoms with E-state index in [-0.39, 0.29) is 36.6 Å². The number of nitrogen functional groups attached to an aromatic ring is 1. The lowest BCUT2D eigenvalue weighted by Crippen LogP contribution is -2.17. The van der Waals surface area contributed by atoms with E-state index < -0.39 is 11.9 Å². The molecule has 1 heterocycles. The van der Waals surface area contributed by atoms with Crippen molar-refractivity contribution in [3.63, 3.8) is 0 Å². The summed E-state index contributed by atoms with van der Waals surface area (Å²) in [4.78, 5) is 28.3. The monoisotopic (exact) mass is 302 g/mol. The number of nitrogens with zero attached hydrogens (tertiary/aromatic N) is 1. The Kier molecular flexibility index (Phi) is 4.93. The average molecular weight is 302 g/mol. The molecule has 2 rings (SSSR count). The van der Waals surface area contributed by atoms with Gasteiger partial charge in [0, 0.05) is 5.39 Å². The predicted molar refractivity (Wildman–Crippen MR) is 82.4 cm³/mol. The van der Waals surface area contributed by atoms with E-state index in [0.29, 0.717) is 10.9 Å². The number of esters is 2. The zero-order valence-corrected chi connectivity index (χ0v) is 12.6. The van der Waals surface area contributed by atoms with Crippen molar-refractivity contribution < 1.29 is 19.1 Å². The second-order valence-electron chi connectivity index (χ2n) is 4.57. The smallest absolute Gasteiger partial charge is 0.342 e. The Morgan fingerprint density at radius 1 is 1.14 bits per heavy atom. The van der Waals surface area contributed by atoms with Gasteiger partial charge in [-0.05, 0) is 19.9 Å². The zero-order chi connectivity index (χ0) is 16.1. The van der Waals surface area contributed by atoms with E-state index in [1.54, 1.807) is 32.0 Å². The number of rotatable bonds is 5. The summed E-state index contributed by atoms with van der Waals surface area (Å²) in [5, 5.41) is 0.651. The number of fused-ring (bicyclic) bond motifs is 1. The lowest BCUT2D eigenvalue weighted by molar-refractivity contribution is -0.142. The standard InChI is InChI=1S/C16H18N2O4/c1-3-21-13(19)9-12-14(16(20)22-4-2)15(17)10-7-5-6-8-11(10)18-12/h5-8H,3-4,9H2,1-2H3,(H2,17,18). The van der Waals surface area contributed by atoms with Gasteiger partial charge in [-0.3, -0.25) is 9.78 Å². The Morgan fingerprint density at radius 3 is 2.50 bits per heavy atom. The van der Waals surface area contributed by atoms with Gasteiger partial charge in [0.25, 0.3) is 0 Å². The maximum Gasteiger partial charge on any atom is 0.342 e. The van der Waals surface area contributed by atoms with Crippen LogP contribution in [0.3, 0.4) is 0 Å². The van der Waals surface area contributed by atoms with Crippen LogP contribution in [0.4, 0.5) is 5.69 Å². The van der Waals surface area contributed by atoms with Crippen molar-refractivity contribution in [1.29, 1.82) is 0 Å². The number of carbonyl (C=O) groups excluding carboxylic acids is 2. The largest absolute Gasteiger partial charge is 0.466 e. The lowest BCUT2D eigenvalue weighted by Gasteiger charge is -2.13. The van der Waals surface area contributed by atoms with Crippen LogP contribution in [0.15, 0.2) is 24.3 Å². The molecule has 0 unspecified atom stereocenters. The maximum absolute atomic E-state index is 12.2. The fraction of sp³-hybridized carbons (Fsp3) is 0.312. The Morgan fingerprint density at radius 2 is 1.82 bits per heavy atom. The molecule has 6 heteroatoms. The van der Waals surface area contributed by atoms with Crippen LogP contribution in [0.1, 0.15) is 29.9 Å². The second-order valence-corrected chi connectivity index (χ2v) is 4.57. The summed E-state index contributed by atoms with van der Waals surface area (Å²) in [7, 11) is 0. The summed E-state index contributed by atoms with van der Waals surface area (Å²) in [6, 6.07) is 7.16. The lowest BCUT2D eigenvalue weighted by atomic mass is 10.0. The van der Waals surface area contributed by atoms with Crippen LogP contribution in [-0.4, -0.2) is 30.1 Å². The van der Waals surface area contributed by atoms with Crippen LogP contribution in [0.5, 0.6) is 0 Å². The highest BCUT2D eigenvalue weighted by Crippen LogP contribution is 2.27. The Balaban J connectivity index is 2.57. The molecule has 0 fully saturated rings. The molecular formula is C16H18N2O4. The predicted octanol–water partition coefficient (Wildman–Crippen LogP) is 2.10. The quantitative estimate of drug-likeness (QED) is 0.850. The third-order valence-corrected chi connectivity index (χ3v) is 3.10. The fourth-order valence-electron chi connectivity index (χ4n) is 2.20. The minimum absolute atomic E-state index is 0.128. The first-order chi connectivity index (χ1) is 10.6. The van der Waals surface area contributed by atoms with Gasteiger partial charge in [0.15, 0.2) is 0 Å². The number of nitrogens with two attached hydrogens (primary N) is 1. The summed E-state index contributed by atoms with van der Waals surface area (Å²) < 4.78 is 9.95. The van der Waals surface area contributed by atoms with Crippen LogP contribution in [-0.2, 0) is 20.7 Å². The number of para-hydroxylation sites is 1. The molecule has 0 saturated carbocycles. The Hall–Kier alpha value is -2.63. The van der Waals surface area contributed by atoms with E-state index in [2.05, 4.69) is 4.98 Å². The van der Waals surface area contributed by atoms with Gasteiger partial charge >= 0.3 is 11.9 Å². The second kappa shape index (κ2) is 6.89. The average Bonchev–Trinajstić information content (AvgIpc) is 2.48. The van der Waals surface area contributed by atoms with Crippen molar-refractivity contribution in [3.8, 4) is 0 Å². The van der Waals surface area contributed by atoms with E-state index in [9.17, 15) is 9.59 Å². The fourth-order valence-corrected chi connectivity index (χ4v) is 2.20. The van der Waals surface area contributed by atoms with Crippen LogP contribution in [0.25, 0.3) is 10.9 Å². The highest BCUT2D eigenvalue weighted by molar-refractivity contribution is 6.05. The molecule has 0 aliphatic rings.